The fourth-order valence-corrected chi connectivity index (χ4v) is 3.20. The third kappa shape index (κ3) is 2.97. The molecule has 4 aromatic rings. The summed E-state index contributed by atoms with van der Waals surface area (Å²) in [5, 5.41) is 12.5. The van der Waals surface area contributed by atoms with E-state index in [-0.39, 0.29) is 11.9 Å². The Morgan fingerprint density at radius 3 is 2.64 bits per heavy atom. The Kier molecular flexibility index (Phi) is 3.98. The van der Waals surface area contributed by atoms with Crippen LogP contribution in [0.3, 0.4) is 0 Å². The summed E-state index contributed by atoms with van der Waals surface area (Å²) in [6.45, 7) is 2.97. The molecule has 0 saturated heterocycles. The van der Waals surface area contributed by atoms with Crippen molar-refractivity contribution in [2.45, 2.75) is 26.2 Å². The molecule has 2 aromatic heterocycles. The van der Waals surface area contributed by atoms with Gasteiger partial charge in [-0.1, -0.05) is 40.2 Å². The van der Waals surface area contributed by atoms with Crippen molar-refractivity contribution in [1.29, 1.82) is 0 Å². The fraction of sp³-hybridized carbons (Fsp3) is 0.200. The largest absolute Gasteiger partial charge is 0.365 e. The van der Waals surface area contributed by atoms with E-state index >= 15 is 0 Å². The van der Waals surface area contributed by atoms with Crippen LogP contribution in [0.15, 0.2) is 53.1 Å². The van der Waals surface area contributed by atoms with E-state index in [2.05, 4.69) is 51.6 Å². The Hall–Kier alpha value is -3.39. The normalized spacial score (nSPS) is 16.1. The van der Waals surface area contributed by atoms with Crippen LogP contribution in [-0.4, -0.2) is 25.1 Å². The molecular formula is C20H16FN5O2. The van der Waals surface area contributed by atoms with Crippen LogP contribution >= 0.6 is 0 Å². The van der Waals surface area contributed by atoms with Crippen LogP contribution in [0.1, 0.15) is 22.9 Å². The van der Waals surface area contributed by atoms with Crippen LogP contribution in [0.25, 0.3) is 23.0 Å². The maximum atomic E-state index is 13.1. The summed E-state index contributed by atoms with van der Waals surface area (Å²) in [6.07, 6.45) is -0.0808. The van der Waals surface area contributed by atoms with Gasteiger partial charge in [0.1, 0.15) is 11.9 Å². The summed E-state index contributed by atoms with van der Waals surface area (Å²) in [5.41, 5.74) is 4.27. The molecule has 0 saturated carbocycles. The molecule has 8 heteroatoms. The first-order valence-electron chi connectivity index (χ1n) is 8.88. The summed E-state index contributed by atoms with van der Waals surface area (Å²) in [7, 11) is 0. The zero-order valence-electron chi connectivity index (χ0n) is 15.0. The Morgan fingerprint density at radius 1 is 1.07 bits per heavy atom. The molecule has 0 bridgehead atoms. The predicted octanol–water partition coefficient (Wildman–Crippen LogP) is 3.71. The molecule has 5 rings (SSSR count). The number of rotatable bonds is 3. The summed E-state index contributed by atoms with van der Waals surface area (Å²) in [4.78, 5) is 4.38. The van der Waals surface area contributed by atoms with Crippen molar-refractivity contribution in [3.05, 3.63) is 71.2 Å². The average molecular weight is 377 g/mol. The molecule has 1 aliphatic heterocycles. The second-order valence-electron chi connectivity index (χ2n) is 6.71. The fourth-order valence-electron chi connectivity index (χ4n) is 3.20. The number of hydrogen-bond acceptors (Lipinski definition) is 6. The molecule has 0 amide bonds. The smallest absolute Gasteiger partial charge is 0.258 e. The van der Waals surface area contributed by atoms with Crippen molar-refractivity contribution in [3.63, 3.8) is 0 Å². The van der Waals surface area contributed by atoms with Crippen molar-refractivity contribution in [2.75, 3.05) is 0 Å². The lowest BCUT2D eigenvalue weighted by molar-refractivity contribution is -0.00112. The highest BCUT2D eigenvalue weighted by molar-refractivity contribution is 5.58. The van der Waals surface area contributed by atoms with E-state index in [1.807, 2.05) is 4.68 Å². The summed E-state index contributed by atoms with van der Waals surface area (Å²) >= 11 is 0. The lowest BCUT2D eigenvalue weighted by atomic mass is 10.1. The average Bonchev–Trinajstić information content (AvgIpc) is 3.35. The van der Waals surface area contributed by atoms with Gasteiger partial charge in [-0.25, -0.2) is 9.07 Å². The summed E-state index contributed by atoms with van der Waals surface area (Å²) < 4.78 is 26.2. The molecule has 2 aromatic carbocycles. The maximum Gasteiger partial charge on any atom is 0.258 e. The molecule has 3 heterocycles. The first-order valence-corrected chi connectivity index (χ1v) is 8.88. The lowest BCUT2D eigenvalue weighted by Gasteiger charge is -2.24. The first kappa shape index (κ1) is 16.8. The van der Waals surface area contributed by atoms with Crippen LogP contribution in [0.2, 0.25) is 0 Å². The van der Waals surface area contributed by atoms with Gasteiger partial charge >= 0.3 is 0 Å². The van der Waals surface area contributed by atoms with Gasteiger partial charge in [0.15, 0.2) is 5.69 Å². The van der Waals surface area contributed by atoms with E-state index in [0.29, 0.717) is 36.1 Å². The van der Waals surface area contributed by atoms with Gasteiger partial charge in [-0.3, -0.25) is 0 Å². The molecule has 1 unspecified atom stereocenters. The summed E-state index contributed by atoms with van der Waals surface area (Å²) in [5.74, 6) is 0.306. The number of aromatic nitrogens is 5. The van der Waals surface area contributed by atoms with E-state index < -0.39 is 0 Å². The minimum absolute atomic E-state index is 0.0808. The van der Waals surface area contributed by atoms with Gasteiger partial charge in [-0.05, 0) is 36.8 Å². The second-order valence-corrected chi connectivity index (χ2v) is 6.71. The highest BCUT2D eigenvalue weighted by Crippen LogP contribution is 2.30. The van der Waals surface area contributed by atoms with E-state index in [1.165, 1.54) is 17.7 Å². The molecule has 28 heavy (non-hydrogen) atoms. The number of aryl methyl sites for hydroxylation is 1. The topological polar surface area (TPSA) is 78.9 Å². The van der Waals surface area contributed by atoms with Crippen LogP contribution in [0.4, 0.5) is 4.39 Å². The standard InChI is InChI=1S/C20H16FN5O2/c1-12-2-4-13(5-3-12)17-10-26-16(11-27-17)18(23-25-26)19-22-20(28-24-19)14-6-8-15(21)9-7-14/h2-9,17H,10-11H2,1H3. The third-order valence-corrected chi connectivity index (χ3v) is 4.78. The number of hydrogen-bond donors (Lipinski definition) is 0. The van der Waals surface area contributed by atoms with Crippen molar-refractivity contribution in [2.24, 2.45) is 0 Å². The van der Waals surface area contributed by atoms with Crippen molar-refractivity contribution in [1.82, 2.24) is 25.1 Å². The van der Waals surface area contributed by atoms with Crippen molar-refractivity contribution < 1.29 is 13.7 Å². The van der Waals surface area contributed by atoms with Gasteiger partial charge < -0.3 is 9.26 Å². The Bertz CT molecular complexity index is 1120. The maximum absolute atomic E-state index is 13.1. The molecule has 0 N–H and O–H groups in total. The number of benzene rings is 2. The van der Waals surface area contributed by atoms with E-state index in [1.54, 1.807) is 12.1 Å². The Labute approximate surface area is 159 Å². The van der Waals surface area contributed by atoms with Crippen LogP contribution in [-0.2, 0) is 17.9 Å². The van der Waals surface area contributed by atoms with Crippen LogP contribution in [0.5, 0.6) is 0 Å². The Balaban J connectivity index is 1.41. The highest BCUT2D eigenvalue weighted by atomic mass is 19.1. The lowest BCUT2D eigenvalue weighted by Crippen LogP contribution is -2.22. The van der Waals surface area contributed by atoms with Crippen LogP contribution in [0, 0.1) is 12.7 Å². The van der Waals surface area contributed by atoms with Gasteiger partial charge in [0.25, 0.3) is 5.89 Å². The van der Waals surface area contributed by atoms with E-state index in [4.69, 9.17) is 9.26 Å². The molecule has 0 spiro atoms. The van der Waals surface area contributed by atoms with Crippen molar-refractivity contribution in [3.8, 4) is 23.0 Å². The molecule has 1 aliphatic rings. The molecule has 0 aliphatic carbocycles. The van der Waals surface area contributed by atoms with E-state index in [0.717, 1.165) is 11.3 Å². The van der Waals surface area contributed by atoms with Crippen LogP contribution < -0.4 is 0 Å². The third-order valence-electron chi connectivity index (χ3n) is 4.78. The Morgan fingerprint density at radius 2 is 1.86 bits per heavy atom. The number of fused-ring (bicyclic) bond motifs is 1. The number of nitrogens with zero attached hydrogens (tertiary/aromatic N) is 5. The highest BCUT2D eigenvalue weighted by Gasteiger charge is 2.27. The molecule has 1 atom stereocenters. The van der Waals surface area contributed by atoms with E-state index in [9.17, 15) is 4.39 Å². The minimum Gasteiger partial charge on any atom is -0.365 e. The van der Waals surface area contributed by atoms with Gasteiger partial charge in [0, 0.05) is 5.56 Å². The molecule has 0 fully saturated rings. The first-order chi connectivity index (χ1) is 13.7. The monoisotopic (exact) mass is 377 g/mol. The predicted molar refractivity (Wildman–Crippen MR) is 97.4 cm³/mol. The van der Waals surface area contributed by atoms with Gasteiger partial charge in [0.05, 0.1) is 18.8 Å². The molecule has 140 valence electrons. The van der Waals surface area contributed by atoms with Gasteiger partial charge in [-0.15, -0.1) is 5.10 Å². The van der Waals surface area contributed by atoms with Gasteiger partial charge in [-0.2, -0.15) is 4.98 Å². The molecule has 7 nitrogen and oxygen atoms in total. The summed E-state index contributed by atoms with van der Waals surface area (Å²) in [6, 6.07) is 14.1. The van der Waals surface area contributed by atoms with Crippen molar-refractivity contribution >= 4 is 0 Å². The zero-order valence-corrected chi connectivity index (χ0v) is 15.0. The molecular weight excluding hydrogens is 361 g/mol. The molecule has 0 radical (unpaired) electrons. The van der Waals surface area contributed by atoms with Gasteiger partial charge in [0.2, 0.25) is 5.82 Å². The SMILES string of the molecule is Cc1ccc(C2Cn3nnc(-c4noc(-c5ccc(F)cc5)n4)c3CO2)cc1. The minimum atomic E-state index is -0.323. The second kappa shape index (κ2) is 6.65. The quantitative estimate of drug-likeness (QED) is 0.541. The number of halogens is 1. The number of ether oxygens (including phenoxy) is 1. The zero-order chi connectivity index (χ0) is 19.1.